The summed E-state index contributed by atoms with van der Waals surface area (Å²) in [6.45, 7) is 2.02. The lowest BCUT2D eigenvalue weighted by atomic mass is 9.98. The molecule has 0 amide bonds. The van der Waals surface area contributed by atoms with Crippen LogP contribution in [0.5, 0.6) is 0 Å². The van der Waals surface area contributed by atoms with E-state index in [-0.39, 0.29) is 24.3 Å². The van der Waals surface area contributed by atoms with E-state index >= 15 is 0 Å². The van der Waals surface area contributed by atoms with Crippen LogP contribution in [0, 0.1) is 5.41 Å². The number of carbonyl (C=O) groups excluding carboxylic acids is 1. The SMILES string of the molecule is CCc1cc(NC(c2cccnc2)c2cccnc2)cc(C(Nc2ccc(C(=N)N)cc2)C(=O)[O-])c1.Cl. The second-order valence-corrected chi connectivity index (χ2v) is 8.35. The third-order valence-electron chi connectivity index (χ3n) is 5.85. The van der Waals surface area contributed by atoms with Crippen LogP contribution < -0.4 is 21.5 Å². The molecule has 0 spiro atoms. The van der Waals surface area contributed by atoms with E-state index in [0.717, 1.165) is 28.8 Å². The predicted octanol–water partition coefficient (Wildman–Crippen LogP) is 3.85. The van der Waals surface area contributed by atoms with Crippen LogP contribution in [0.4, 0.5) is 11.4 Å². The van der Waals surface area contributed by atoms with E-state index < -0.39 is 12.0 Å². The lowest BCUT2D eigenvalue weighted by molar-refractivity contribution is -0.307. The monoisotopic (exact) mass is 515 g/mol. The van der Waals surface area contributed by atoms with Crippen molar-refractivity contribution in [2.45, 2.75) is 25.4 Å². The Hall–Kier alpha value is -4.43. The van der Waals surface area contributed by atoms with Crippen LogP contribution in [0.3, 0.4) is 0 Å². The van der Waals surface area contributed by atoms with Crippen LogP contribution in [0.15, 0.2) is 91.5 Å². The van der Waals surface area contributed by atoms with Gasteiger partial charge in [0.2, 0.25) is 0 Å². The van der Waals surface area contributed by atoms with E-state index in [1.165, 1.54) is 0 Å². The number of benzene rings is 2. The number of nitrogen functional groups attached to an aromatic ring is 1. The van der Waals surface area contributed by atoms with Gasteiger partial charge in [-0.15, -0.1) is 12.4 Å². The zero-order valence-electron chi connectivity index (χ0n) is 20.2. The van der Waals surface area contributed by atoms with Gasteiger partial charge in [0.25, 0.3) is 0 Å². The standard InChI is InChI=1S/C28H28N6O2.ClH/c1-2-18-13-22(26(28(35)36)33-23-9-7-19(8-10-23)27(29)30)15-24(14-18)34-25(20-5-3-11-31-16-20)21-6-4-12-32-17-21;/h3-17,25-26,33-34H,2H2,1H3,(H3,29,30)(H,35,36);1H/p-1. The Balaban J connectivity index is 0.00000380. The van der Waals surface area contributed by atoms with Crippen LogP contribution in [0.1, 0.15) is 46.8 Å². The lowest BCUT2D eigenvalue weighted by Gasteiger charge is -2.25. The van der Waals surface area contributed by atoms with Crippen molar-refractivity contribution >= 4 is 35.6 Å². The van der Waals surface area contributed by atoms with Crippen molar-refractivity contribution in [2.75, 3.05) is 10.6 Å². The third-order valence-corrected chi connectivity index (χ3v) is 5.85. The van der Waals surface area contributed by atoms with Gasteiger partial charge < -0.3 is 26.3 Å². The second kappa shape index (κ2) is 12.5. The molecule has 2 aromatic carbocycles. The molecule has 9 heteroatoms. The van der Waals surface area contributed by atoms with E-state index in [1.54, 1.807) is 49.1 Å². The summed E-state index contributed by atoms with van der Waals surface area (Å²) < 4.78 is 0. The molecule has 4 aromatic rings. The molecule has 37 heavy (non-hydrogen) atoms. The molecule has 190 valence electrons. The number of halogens is 1. The maximum Gasteiger partial charge on any atom is 0.122 e. The smallest absolute Gasteiger partial charge is 0.122 e. The minimum Gasteiger partial charge on any atom is -0.548 e. The normalized spacial score (nSPS) is 11.3. The molecule has 8 nitrogen and oxygen atoms in total. The van der Waals surface area contributed by atoms with Gasteiger partial charge in [-0.2, -0.15) is 0 Å². The molecule has 2 aromatic heterocycles. The summed E-state index contributed by atoms with van der Waals surface area (Å²) in [6.07, 6.45) is 7.76. The number of hydrogen-bond donors (Lipinski definition) is 4. The molecule has 5 N–H and O–H groups in total. The van der Waals surface area contributed by atoms with Gasteiger partial charge in [0.1, 0.15) is 5.84 Å². The summed E-state index contributed by atoms with van der Waals surface area (Å²) in [4.78, 5) is 20.7. The Bertz CT molecular complexity index is 1290. The zero-order valence-corrected chi connectivity index (χ0v) is 21.0. The highest BCUT2D eigenvalue weighted by molar-refractivity contribution is 5.95. The summed E-state index contributed by atoms with van der Waals surface area (Å²) in [6, 6.07) is 18.8. The summed E-state index contributed by atoms with van der Waals surface area (Å²) in [7, 11) is 0. The molecule has 0 saturated carbocycles. The fourth-order valence-electron chi connectivity index (χ4n) is 3.98. The van der Waals surface area contributed by atoms with Gasteiger partial charge in [-0.1, -0.05) is 25.1 Å². The predicted molar refractivity (Wildman–Crippen MR) is 146 cm³/mol. The van der Waals surface area contributed by atoms with Gasteiger partial charge in [0.05, 0.1) is 18.1 Å². The molecule has 2 heterocycles. The fraction of sp³-hybridized carbons (Fsp3) is 0.143. The van der Waals surface area contributed by atoms with Crippen molar-refractivity contribution in [1.82, 2.24) is 9.97 Å². The summed E-state index contributed by atoms with van der Waals surface area (Å²) in [5.74, 6) is -1.30. The lowest BCUT2D eigenvalue weighted by Crippen LogP contribution is -2.34. The molecule has 0 radical (unpaired) electrons. The number of nitrogens with two attached hydrogens (primary N) is 1. The first-order valence-corrected chi connectivity index (χ1v) is 11.6. The number of amidine groups is 1. The topological polar surface area (TPSA) is 140 Å². The summed E-state index contributed by atoms with van der Waals surface area (Å²) in [5, 5.41) is 26.3. The van der Waals surface area contributed by atoms with Crippen molar-refractivity contribution in [3.63, 3.8) is 0 Å². The molecule has 1 atom stereocenters. The molecule has 4 rings (SSSR count). The molecule has 0 aliphatic carbocycles. The number of hydrogen-bond acceptors (Lipinski definition) is 7. The third kappa shape index (κ3) is 6.83. The number of pyridine rings is 2. The number of aliphatic carboxylic acids is 1. The second-order valence-electron chi connectivity index (χ2n) is 8.35. The largest absolute Gasteiger partial charge is 0.548 e. The maximum absolute atomic E-state index is 12.2. The number of nitrogens with zero attached hydrogens (tertiary/aromatic N) is 2. The van der Waals surface area contributed by atoms with Crippen LogP contribution in [-0.2, 0) is 11.2 Å². The average molecular weight is 516 g/mol. The number of carboxylic acids is 1. The first kappa shape index (κ1) is 27.2. The van der Waals surface area contributed by atoms with E-state index in [9.17, 15) is 9.90 Å². The quantitative estimate of drug-likeness (QED) is 0.186. The Morgan fingerprint density at radius 3 is 2.03 bits per heavy atom. The molecule has 0 fully saturated rings. The van der Waals surface area contributed by atoms with Crippen molar-refractivity contribution < 1.29 is 9.90 Å². The molecular weight excluding hydrogens is 488 g/mol. The van der Waals surface area contributed by atoms with Crippen molar-refractivity contribution in [3.8, 4) is 0 Å². The van der Waals surface area contributed by atoms with Crippen LogP contribution >= 0.6 is 12.4 Å². The number of aromatic nitrogens is 2. The highest BCUT2D eigenvalue weighted by Gasteiger charge is 2.18. The minimum atomic E-state index is -1.25. The number of carboxylic acid groups (broad SMARTS) is 1. The fourth-order valence-corrected chi connectivity index (χ4v) is 3.98. The zero-order chi connectivity index (χ0) is 25.5. The molecule has 0 aliphatic heterocycles. The van der Waals surface area contributed by atoms with Crippen LogP contribution in [0.25, 0.3) is 0 Å². The van der Waals surface area contributed by atoms with Crippen LogP contribution in [-0.4, -0.2) is 21.8 Å². The van der Waals surface area contributed by atoms with Crippen molar-refractivity contribution in [1.29, 1.82) is 5.41 Å². The van der Waals surface area contributed by atoms with Gasteiger partial charge in [-0.25, -0.2) is 0 Å². The molecule has 1 unspecified atom stereocenters. The van der Waals surface area contributed by atoms with Crippen molar-refractivity contribution in [2.24, 2.45) is 5.73 Å². The van der Waals surface area contributed by atoms with Gasteiger partial charge >= 0.3 is 0 Å². The van der Waals surface area contributed by atoms with Crippen LogP contribution in [0.2, 0.25) is 0 Å². The van der Waals surface area contributed by atoms with E-state index in [4.69, 9.17) is 11.1 Å². The molecule has 0 saturated heterocycles. The molecule has 0 aliphatic rings. The first-order valence-electron chi connectivity index (χ1n) is 11.6. The number of anilines is 2. The van der Waals surface area contributed by atoms with E-state index in [2.05, 4.69) is 20.6 Å². The number of aryl methyl sites for hydroxylation is 1. The Labute approximate surface area is 221 Å². The van der Waals surface area contributed by atoms with Gasteiger partial charge in [-0.3, -0.25) is 15.4 Å². The van der Waals surface area contributed by atoms with Gasteiger partial charge in [0, 0.05) is 41.7 Å². The highest BCUT2D eigenvalue weighted by atomic mass is 35.5. The van der Waals surface area contributed by atoms with Crippen molar-refractivity contribution in [3.05, 3.63) is 119 Å². The summed E-state index contributed by atoms with van der Waals surface area (Å²) >= 11 is 0. The number of nitrogens with one attached hydrogen (secondary N) is 3. The maximum atomic E-state index is 12.2. The molecule has 0 bridgehead atoms. The Morgan fingerprint density at radius 1 is 0.919 bits per heavy atom. The minimum absolute atomic E-state index is 0. The molecular formula is C28H28ClN6O2-. The summed E-state index contributed by atoms with van der Waals surface area (Å²) in [5.41, 5.74) is 10.9. The van der Waals surface area contributed by atoms with Gasteiger partial charge in [-0.05, 0) is 77.2 Å². The number of carbonyl (C=O) groups is 1. The number of rotatable bonds is 10. The first-order chi connectivity index (χ1) is 17.4. The Kier molecular flexibility index (Phi) is 9.18. The average Bonchev–Trinajstić information content (AvgIpc) is 2.91. The van der Waals surface area contributed by atoms with E-state index in [1.807, 2.05) is 49.4 Å². The van der Waals surface area contributed by atoms with E-state index in [0.29, 0.717) is 16.8 Å². The highest BCUT2D eigenvalue weighted by Crippen LogP contribution is 2.30. The van der Waals surface area contributed by atoms with Gasteiger partial charge in [0.15, 0.2) is 0 Å². The Morgan fingerprint density at radius 2 is 1.54 bits per heavy atom.